The molecule has 2 rings (SSSR count). The van der Waals surface area contributed by atoms with E-state index in [1.165, 1.54) is 0 Å². The third-order valence-electron chi connectivity index (χ3n) is 3.62. The third kappa shape index (κ3) is 3.52. The Labute approximate surface area is 127 Å². The SMILES string of the molecule is Cc1ccc(C)c(C(C)NS(=O)(=O)c2ccccc2C)c1. The molecule has 1 unspecified atom stereocenters. The van der Waals surface area contributed by atoms with Gasteiger partial charge in [-0.3, -0.25) is 0 Å². The van der Waals surface area contributed by atoms with E-state index in [-0.39, 0.29) is 6.04 Å². The highest BCUT2D eigenvalue weighted by atomic mass is 32.2. The quantitative estimate of drug-likeness (QED) is 0.937. The van der Waals surface area contributed by atoms with Gasteiger partial charge in [-0.15, -0.1) is 0 Å². The molecule has 3 nitrogen and oxygen atoms in total. The lowest BCUT2D eigenvalue weighted by Gasteiger charge is -2.18. The van der Waals surface area contributed by atoms with Crippen LogP contribution in [-0.2, 0) is 10.0 Å². The van der Waals surface area contributed by atoms with Crippen LogP contribution in [0.25, 0.3) is 0 Å². The van der Waals surface area contributed by atoms with Crippen LogP contribution >= 0.6 is 0 Å². The fourth-order valence-corrected chi connectivity index (χ4v) is 3.91. The molecule has 0 saturated carbocycles. The molecule has 0 saturated heterocycles. The molecule has 0 bridgehead atoms. The van der Waals surface area contributed by atoms with Crippen LogP contribution in [0.5, 0.6) is 0 Å². The van der Waals surface area contributed by atoms with Crippen molar-refractivity contribution >= 4 is 10.0 Å². The third-order valence-corrected chi connectivity index (χ3v) is 5.32. The van der Waals surface area contributed by atoms with Crippen molar-refractivity contribution in [2.75, 3.05) is 0 Å². The van der Waals surface area contributed by atoms with Crippen molar-refractivity contribution in [3.05, 3.63) is 64.7 Å². The van der Waals surface area contributed by atoms with Gasteiger partial charge in [0.15, 0.2) is 0 Å². The lowest BCUT2D eigenvalue weighted by atomic mass is 10.0. The fraction of sp³-hybridized carbons (Fsp3) is 0.294. The molecule has 0 aromatic heterocycles. The Kier molecular flexibility index (Phi) is 4.49. The summed E-state index contributed by atoms with van der Waals surface area (Å²) < 4.78 is 27.8. The van der Waals surface area contributed by atoms with Crippen LogP contribution < -0.4 is 4.72 Å². The van der Waals surface area contributed by atoms with Gasteiger partial charge in [-0.05, 0) is 50.5 Å². The lowest BCUT2D eigenvalue weighted by Crippen LogP contribution is -2.28. The van der Waals surface area contributed by atoms with E-state index in [4.69, 9.17) is 0 Å². The first-order chi connectivity index (χ1) is 9.81. The van der Waals surface area contributed by atoms with E-state index in [1.807, 2.05) is 45.0 Å². The minimum absolute atomic E-state index is 0.269. The monoisotopic (exact) mass is 303 g/mol. The van der Waals surface area contributed by atoms with Gasteiger partial charge in [0.1, 0.15) is 0 Å². The Balaban J connectivity index is 2.33. The topological polar surface area (TPSA) is 46.2 Å². The molecule has 21 heavy (non-hydrogen) atoms. The van der Waals surface area contributed by atoms with Gasteiger partial charge in [-0.25, -0.2) is 13.1 Å². The number of hydrogen-bond donors (Lipinski definition) is 1. The summed E-state index contributed by atoms with van der Waals surface area (Å²) in [5.74, 6) is 0. The first kappa shape index (κ1) is 15.7. The summed E-state index contributed by atoms with van der Waals surface area (Å²) in [4.78, 5) is 0.335. The molecular formula is C17H21NO2S. The number of sulfonamides is 1. The zero-order chi connectivity index (χ0) is 15.6. The Morgan fingerprint density at radius 1 is 0.952 bits per heavy atom. The van der Waals surface area contributed by atoms with Crippen LogP contribution in [0.4, 0.5) is 0 Å². The van der Waals surface area contributed by atoms with Crippen LogP contribution in [0, 0.1) is 20.8 Å². The summed E-state index contributed by atoms with van der Waals surface area (Å²) >= 11 is 0. The zero-order valence-corrected chi connectivity index (χ0v) is 13.7. The lowest BCUT2D eigenvalue weighted by molar-refractivity contribution is 0.566. The fourth-order valence-electron chi connectivity index (χ4n) is 2.44. The maximum atomic E-state index is 12.5. The average Bonchev–Trinajstić information content (AvgIpc) is 2.41. The second kappa shape index (κ2) is 6.00. The number of benzene rings is 2. The van der Waals surface area contributed by atoms with E-state index in [9.17, 15) is 8.42 Å². The largest absolute Gasteiger partial charge is 0.241 e. The van der Waals surface area contributed by atoms with Crippen molar-refractivity contribution in [2.45, 2.75) is 38.6 Å². The van der Waals surface area contributed by atoms with Crippen molar-refractivity contribution < 1.29 is 8.42 Å². The van der Waals surface area contributed by atoms with Gasteiger partial charge < -0.3 is 0 Å². The minimum atomic E-state index is -3.52. The Morgan fingerprint density at radius 2 is 1.62 bits per heavy atom. The summed E-state index contributed by atoms with van der Waals surface area (Å²) in [7, 11) is -3.52. The molecule has 0 spiro atoms. The Hall–Kier alpha value is -1.65. The highest BCUT2D eigenvalue weighted by Crippen LogP contribution is 2.22. The van der Waals surface area contributed by atoms with Crippen LogP contribution in [0.2, 0.25) is 0 Å². The number of aryl methyl sites for hydroxylation is 3. The highest BCUT2D eigenvalue weighted by molar-refractivity contribution is 7.89. The molecule has 1 N–H and O–H groups in total. The van der Waals surface area contributed by atoms with Crippen LogP contribution in [0.3, 0.4) is 0 Å². The molecule has 4 heteroatoms. The van der Waals surface area contributed by atoms with Gasteiger partial charge in [0.05, 0.1) is 4.90 Å². The van der Waals surface area contributed by atoms with Gasteiger partial charge in [0.2, 0.25) is 10.0 Å². The Bertz CT molecular complexity index is 751. The maximum absolute atomic E-state index is 12.5. The molecular weight excluding hydrogens is 282 g/mol. The molecule has 0 fully saturated rings. The molecule has 0 aliphatic heterocycles. The van der Waals surface area contributed by atoms with Crippen LogP contribution in [0.15, 0.2) is 47.4 Å². The number of nitrogens with one attached hydrogen (secondary N) is 1. The maximum Gasteiger partial charge on any atom is 0.241 e. The number of rotatable bonds is 4. The molecule has 2 aromatic carbocycles. The molecule has 2 aromatic rings. The van der Waals surface area contributed by atoms with Crippen molar-refractivity contribution in [3.8, 4) is 0 Å². The van der Waals surface area contributed by atoms with Crippen LogP contribution in [0.1, 0.15) is 35.2 Å². The van der Waals surface area contributed by atoms with E-state index in [0.29, 0.717) is 4.90 Å². The molecule has 112 valence electrons. The normalized spacial score (nSPS) is 13.1. The summed E-state index contributed by atoms with van der Waals surface area (Å²) in [6.45, 7) is 7.67. The van der Waals surface area contributed by atoms with E-state index in [0.717, 1.165) is 22.3 Å². The predicted molar refractivity (Wildman–Crippen MR) is 85.8 cm³/mol. The first-order valence-corrected chi connectivity index (χ1v) is 8.44. The smallest absolute Gasteiger partial charge is 0.207 e. The van der Waals surface area contributed by atoms with Crippen molar-refractivity contribution in [1.82, 2.24) is 4.72 Å². The average molecular weight is 303 g/mol. The summed E-state index contributed by atoms with van der Waals surface area (Å²) in [6.07, 6.45) is 0. The van der Waals surface area contributed by atoms with E-state index < -0.39 is 10.0 Å². The second-order valence-corrected chi connectivity index (χ2v) is 7.15. The minimum Gasteiger partial charge on any atom is -0.207 e. The van der Waals surface area contributed by atoms with Gasteiger partial charge in [-0.1, -0.05) is 42.0 Å². The first-order valence-electron chi connectivity index (χ1n) is 6.96. The van der Waals surface area contributed by atoms with Crippen molar-refractivity contribution in [1.29, 1.82) is 0 Å². The summed E-state index contributed by atoms with van der Waals surface area (Å²) in [5, 5.41) is 0. The second-order valence-electron chi connectivity index (χ2n) is 5.47. The highest BCUT2D eigenvalue weighted by Gasteiger charge is 2.20. The number of hydrogen-bond acceptors (Lipinski definition) is 2. The van der Waals surface area contributed by atoms with E-state index >= 15 is 0 Å². The molecule has 1 atom stereocenters. The van der Waals surface area contributed by atoms with Gasteiger partial charge >= 0.3 is 0 Å². The molecule has 0 aliphatic rings. The van der Waals surface area contributed by atoms with Gasteiger partial charge in [-0.2, -0.15) is 0 Å². The predicted octanol–water partition coefficient (Wildman–Crippen LogP) is 3.65. The van der Waals surface area contributed by atoms with Crippen molar-refractivity contribution in [3.63, 3.8) is 0 Å². The molecule has 0 heterocycles. The Morgan fingerprint density at radius 3 is 2.29 bits per heavy atom. The zero-order valence-electron chi connectivity index (χ0n) is 12.8. The standard InChI is InChI=1S/C17H21NO2S/c1-12-9-10-13(2)16(11-12)15(4)18-21(19,20)17-8-6-5-7-14(17)3/h5-11,15,18H,1-4H3. The van der Waals surface area contributed by atoms with Crippen LogP contribution in [-0.4, -0.2) is 8.42 Å². The molecule has 0 aliphatic carbocycles. The molecule has 0 radical (unpaired) electrons. The van der Waals surface area contributed by atoms with Crippen molar-refractivity contribution in [2.24, 2.45) is 0 Å². The van der Waals surface area contributed by atoms with Gasteiger partial charge in [0, 0.05) is 6.04 Å². The van der Waals surface area contributed by atoms with E-state index in [1.54, 1.807) is 25.1 Å². The molecule has 0 amide bonds. The van der Waals surface area contributed by atoms with Gasteiger partial charge in [0.25, 0.3) is 0 Å². The summed E-state index contributed by atoms with van der Waals surface area (Å²) in [5.41, 5.74) is 3.96. The summed E-state index contributed by atoms with van der Waals surface area (Å²) in [6, 6.07) is 12.8. The van der Waals surface area contributed by atoms with E-state index in [2.05, 4.69) is 4.72 Å².